The molecule has 3 rings (SSSR count). The number of nitrogens with zero attached hydrogens (tertiary/aromatic N) is 2. The maximum Gasteiger partial charge on any atom is 0.264 e. The predicted molar refractivity (Wildman–Crippen MR) is 161 cm³/mol. The normalized spacial score (nSPS) is 12.9. The molecule has 2 amide bonds. The molecule has 40 heavy (non-hydrogen) atoms. The Morgan fingerprint density at radius 1 is 0.925 bits per heavy atom. The summed E-state index contributed by atoms with van der Waals surface area (Å²) in [5.74, 6) is -0.885. The Balaban J connectivity index is 2.06. The number of carbonyl (C=O) groups excluding carboxylic acids is 2. The van der Waals surface area contributed by atoms with Crippen LogP contribution in [0, 0.1) is 13.8 Å². The van der Waals surface area contributed by atoms with E-state index >= 15 is 0 Å². The summed E-state index contributed by atoms with van der Waals surface area (Å²) in [6.07, 6.45) is 0.717. The average molecular weight is 605 g/mol. The molecule has 0 aliphatic rings. The zero-order valence-electron chi connectivity index (χ0n) is 23.3. The zero-order valence-corrected chi connectivity index (χ0v) is 25.6. The number of anilines is 1. The molecular formula is C30H35Cl2N3O4S. The molecule has 0 fully saturated rings. The van der Waals surface area contributed by atoms with Gasteiger partial charge in [0.05, 0.1) is 20.6 Å². The first-order valence-electron chi connectivity index (χ1n) is 13.0. The standard InChI is InChI=1S/C30H35Cl2N3O4S/c1-6-22(4)33-30(37)23(5)34(18-24-13-14-26(31)27(32)17-24)29(36)19-35(28-15-12-20(2)16-21(28)3)40(38,39)25-10-8-7-9-11-25/h7-17,22-23H,6,18-19H2,1-5H3,(H,33,37)/t22-,23+/m0/s1. The van der Waals surface area contributed by atoms with E-state index in [1.807, 2.05) is 26.8 Å². The van der Waals surface area contributed by atoms with E-state index in [-0.39, 0.29) is 23.4 Å². The molecule has 1 N–H and O–H groups in total. The molecule has 0 saturated carbocycles. The average Bonchev–Trinajstić information content (AvgIpc) is 2.92. The zero-order chi connectivity index (χ0) is 29.6. The van der Waals surface area contributed by atoms with Crippen LogP contribution in [-0.4, -0.2) is 43.8 Å². The number of hydrogen-bond donors (Lipinski definition) is 1. The summed E-state index contributed by atoms with van der Waals surface area (Å²) in [5, 5.41) is 3.59. The maximum atomic E-state index is 14.0. The number of sulfonamides is 1. The van der Waals surface area contributed by atoms with Crippen molar-refractivity contribution in [1.29, 1.82) is 0 Å². The lowest BCUT2D eigenvalue weighted by Crippen LogP contribution is -2.52. The first kappa shape index (κ1) is 31.5. The topological polar surface area (TPSA) is 86.8 Å². The molecule has 0 bridgehead atoms. The summed E-state index contributed by atoms with van der Waals surface area (Å²) in [6.45, 7) is 8.68. The lowest BCUT2D eigenvalue weighted by atomic mass is 10.1. The van der Waals surface area contributed by atoms with Gasteiger partial charge in [0.25, 0.3) is 10.0 Å². The van der Waals surface area contributed by atoms with E-state index in [0.29, 0.717) is 26.9 Å². The summed E-state index contributed by atoms with van der Waals surface area (Å²) >= 11 is 12.3. The van der Waals surface area contributed by atoms with Crippen LogP contribution >= 0.6 is 23.2 Å². The minimum absolute atomic E-state index is 0.0247. The van der Waals surface area contributed by atoms with Gasteiger partial charge in [0.2, 0.25) is 11.8 Å². The summed E-state index contributed by atoms with van der Waals surface area (Å²) in [4.78, 5) is 28.6. The number of nitrogens with one attached hydrogen (secondary N) is 1. The molecular weight excluding hydrogens is 569 g/mol. The Labute approximate surface area is 247 Å². The second kappa shape index (κ2) is 13.5. The summed E-state index contributed by atoms with van der Waals surface area (Å²) < 4.78 is 28.9. The summed E-state index contributed by atoms with van der Waals surface area (Å²) in [6, 6.07) is 17.3. The van der Waals surface area contributed by atoms with Gasteiger partial charge in [0.15, 0.2) is 0 Å². The first-order chi connectivity index (χ1) is 18.8. The molecule has 0 unspecified atom stereocenters. The number of amides is 2. The molecule has 2 atom stereocenters. The van der Waals surface area contributed by atoms with Gasteiger partial charge in [-0.2, -0.15) is 0 Å². The van der Waals surface area contributed by atoms with Crippen molar-refractivity contribution < 1.29 is 18.0 Å². The van der Waals surface area contributed by atoms with E-state index in [1.54, 1.807) is 62.4 Å². The van der Waals surface area contributed by atoms with E-state index < -0.39 is 28.5 Å². The fourth-order valence-corrected chi connectivity index (χ4v) is 6.02. The molecule has 3 aromatic rings. The molecule has 0 aliphatic heterocycles. The van der Waals surface area contributed by atoms with Gasteiger partial charge in [0, 0.05) is 12.6 Å². The number of aryl methyl sites for hydroxylation is 2. The number of rotatable bonds is 11. The molecule has 0 radical (unpaired) electrons. The van der Waals surface area contributed by atoms with Crippen molar-refractivity contribution in [3.05, 3.63) is 93.5 Å². The first-order valence-corrected chi connectivity index (χ1v) is 15.2. The third kappa shape index (κ3) is 7.56. The van der Waals surface area contributed by atoms with Crippen LogP contribution in [0.25, 0.3) is 0 Å². The lowest BCUT2D eigenvalue weighted by Gasteiger charge is -2.33. The second-order valence-electron chi connectivity index (χ2n) is 9.88. The molecule has 0 aromatic heterocycles. The Bertz CT molecular complexity index is 1470. The largest absolute Gasteiger partial charge is 0.352 e. The van der Waals surface area contributed by atoms with E-state index in [9.17, 15) is 18.0 Å². The van der Waals surface area contributed by atoms with Gasteiger partial charge in [-0.25, -0.2) is 8.42 Å². The fraction of sp³-hybridized carbons (Fsp3) is 0.333. The number of halogens is 2. The van der Waals surface area contributed by atoms with Crippen LogP contribution < -0.4 is 9.62 Å². The third-order valence-corrected chi connectivity index (χ3v) is 9.25. The highest BCUT2D eigenvalue weighted by Crippen LogP contribution is 2.29. The minimum atomic E-state index is -4.13. The van der Waals surface area contributed by atoms with Crippen LogP contribution in [-0.2, 0) is 26.2 Å². The third-order valence-electron chi connectivity index (χ3n) is 6.74. The molecule has 214 valence electrons. The molecule has 0 aliphatic carbocycles. The van der Waals surface area contributed by atoms with E-state index in [0.717, 1.165) is 16.3 Å². The van der Waals surface area contributed by atoms with Crippen molar-refractivity contribution >= 4 is 50.7 Å². The highest BCUT2D eigenvalue weighted by molar-refractivity contribution is 7.92. The minimum Gasteiger partial charge on any atom is -0.352 e. The number of hydrogen-bond acceptors (Lipinski definition) is 4. The summed E-state index contributed by atoms with van der Waals surface area (Å²) in [7, 11) is -4.13. The van der Waals surface area contributed by atoms with Crippen molar-refractivity contribution in [2.24, 2.45) is 0 Å². The SMILES string of the molecule is CC[C@H](C)NC(=O)[C@@H](C)N(Cc1ccc(Cl)c(Cl)c1)C(=O)CN(c1ccc(C)cc1C)S(=O)(=O)c1ccccc1. The highest BCUT2D eigenvalue weighted by Gasteiger charge is 2.33. The Hall–Kier alpha value is -3.07. The van der Waals surface area contributed by atoms with Crippen molar-refractivity contribution in [2.45, 2.75) is 64.6 Å². The number of carbonyl (C=O) groups is 2. The lowest BCUT2D eigenvalue weighted by molar-refractivity contribution is -0.139. The maximum absolute atomic E-state index is 14.0. The predicted octanol–water partition coefficient (Wildman–Crippen LogP) is 6.14. The van der Waals surface area contributed by atoms with Crippen LogP contribution in [0.4, 0.5) is 5.69 Å². The van der Waals surface area contributed by atoms with Crippen molar-refractivity contribution in [1.82, 2.24) is 10.2 Å². The molecule has 3 aromatic carbocycles. The quantitative estimate of drug-likeness (QED) is 0.285. The van der Waals surface area contributed by atoms with Crippen molar-refractivity contribution in [3.63, 3.8) is 0 Å². The van der Waals surface area contributed by atoms with Gasteiger partial charge in [0.1, 0.15) is 12.6 Å². The van der Waals surface area contributed by atoms with E-state index in [2.05, 4.69) is 5.32 Å². The highest BCUT2D eigenvalue weighted by atomic mass is 35.5. The van der Waals surface area contributed by atoms with Gasteiger partial charge in [-0.3, -0.25) is 13.9 Å². The molecule has 0 spiro atoms. The van der Waals surface area contributed by atoms with Crippen molar-refractivity contribution in [3.8, 4) is 0 Å². The second-order valence-corrected chi connectivity index (χ2v) is 12.6. The van der Waals surface area contributed by atoms with E-state index in [4.69, 9.17) is 23.2 Å². The van der Waals surface area contributed by atoms with Crippen LogP contribution in [0.15, 0.2) is 71.6 Å². The van der Waals surface area contributed by atoms with Crippen LogP contribution in [0.2, 0.25) is 10.0 Å². The molecule has 0 heterocycles. The van der Waals surface area contributed by atoms with Gasteiger partial charge in [-0.05, 0) is 75.6 Å². The fourth-order valence-electron chi connectivity index (χ4n) is 4.20. The molecule has 7 nitrogen and oxygen atoms in total. The van der Waals surface area contributed by atoms with Gasteiger partial charge in [-0.1, -0.05) is 72.1 Å². The van der Waals surface area contributed by atoms with Crippen LogP contribution in [0.3, 0.4) is 0 Å². The Kier molecular flexibility index (Phi) is 10.6. The summed E-state index contributed by atoms with van der Waals surface area (Å²) in [5.41, 5.74) is 2.69. The monoisotopic (exact) mass is 603 g/mol. The molecule has 10 heteroatoms. The van der Waals surface area contributed by atoms with Crippen LogP contribution in [0.1, 0.15) is 43.9 Å². The van der Waals surface area contributed by atoms with Gasteiger partial charge >= 0.3 is 0 Å². The number of benzene rings is 3. The van der Waals surface area contributed by atoms with Crippen molar-refractivity contribution in [2.75, 3.05) is 10.8 Å². The van der Waals surface area contributed by atoms with Gasteiger partial charge < -0.3 is 10.2 Å². The van der Waals surface area contributed by atoms with Gasteiger partial charge in [-0.15, -0.1) is 0 Å². The Morgan fingerprint density at radius 2 is 1.60 bits per heavy atom. The smallest absolute Gasteiger partial charge is 0.264 e. The Morgan fingerprint density at radius 3 is 2.20 bits per heavy atom. The van der Waals surface area contributed by atoms with Crippen LogP contribution in [0.5, 0.6) is 0 Å². The van der Waals surface area contributed by atoms with E-state index in [1.165, 1.54) is 17.0 Å². The molecule has 0 saturated heterocycles.